The third kappa shape index (κ3) is 2.50. The van der Waals surface area contributed by atoms with Crippen molar-refractivity contribution >= 4 is 27.4 Å². The molecule has 0 radical (unpaired) electrons. The molecule has 2 rings (SSSR count). The largest absolute Gasteiger partial charge is 0.509 e. The third-order valence-electron chi connectivity index (χ3n) is 4.43. The normalized spacial score (nSPS) is 22.1. The van der Waals surface area contributed by atoms with Crippen LogP contribution in [0.2, 0.25) is 0 Å². The molecule has 0 saturated heterocycles. The van der Waals surface area contributed by atoms with E-state index in [1.807, 2.05) is 33.8 Å². The highest BCUT2D eigenvalue weighted by Crippen LogP contribution is 2.40. The first-order valence-corrected chi connectivity index (χ1v) is 8.07. The molecule has 3 nitrogen and oxygen atoms in total. The van der Waals surface area contributed by atoms with E-state index in [0.717, 1.165) is 27.6 Å². The Bertz CT molecular complexity index is 634. The highest BCUT2D eigenvalue weighted by molar-refractivity contribution is 9.10. The molecule has 1 heterocycles. The number of nitrogens with one attached hydrogen (secondary N) is 1. The number of hydrogen-bond donors (Lipinski definition) is 2. The van der Waals surface area contributed by atoms with Gasteiger partial charge < -0.3 is 10.4 Å². The average Bonchev–Trinajstić information content (AvgIpc) is 2.61. The van der Waals surface area contributed by atoms with Gasteiger partial charge in [-0.3, -0.25) is 4.79 Å². The first kappa shape index (κ1) is 16.1. The summed E-state index contributed by atoms with van der Waals surface area (Å²) >= 11 is 3.55. The number of hydrogen-bond acceptors (Lipinski definition) is 2. The quantitative estimate of drug-likeness (QED) is 0.859. The van der Waals surface area contributed by atoms with Gasteiger partial charge in [-0.15, -0.1) is 0 Å². The molecular weight excluding hydrogens is 330 g/mol. The van der Waals surface area contributed by atoms with E-state index in [1.165, 1.54) is 0 Å². The third-order valence-corrected chi connectivity index (χ3v) is 5.06. The van der Waals surface area contributed by atoms with Gasteiger partial charge in [0.2, 0.25) is 0 Å². The summed E-state index contributed by atoms with van der Waals surface area (Å²) < 4.78 is 0.851. The van der Waals surface area contributed by atoms with Crippen molar-refractivity contribution < 1.29 is 9.90 Å². The van der Waals surface area contributed by atoms with E-state index in [4.69, 9.17) is 0 Å². The molecule has 114 valence electrons. The Labute approximate surface area is 134 Å². The molecule has 0 aliphatic carbocycles. The number of aryl methyl sites for hydroxylation is 2. The number of aliphatic hydroxyl groups excluding tert-OH is 1. The van der Waals surface area contributed by atoms with E-state index < -0.39 is 5.54 Å². The zero-order valence-electron chi connectivity index (χ0n) is 13.2. The van der Waals surface area contributed by atoms with E-state index in [9.17, 15) is 9.90 Å². The molecule has 0 fully saturated rings. The fourth-order valence-corrected chi connectivity index (χ4v) is 3.56. The van der Waals surface area contributed by atoms with Crippen LogP contribution in [-0.4, -0.2) is 16.6 Å². The molecule has 0 saturated carbocycles. The van der Waals surface area contributed by atoms with E-state index in [2.05, 4.69) is 34.2 Å². The fraction of sp³-hybridized carbons (Fsp3) is 0.471. The maximum atomic E-state index is 12.5. The molecule has 1 aliphatic rings. The molecule has 0 aromatic heterocycles. The Morgan fingerprint density at radius 2 is 2.00 bits per heavy atom. The van der Waals surface area contributed by atoms with Crippen molar-refractivity contribution in [3.63, 3.8) is 0 Å². The Kier molecular flexibility index (Phi) is 4.20. The predicted octanol–water partition coefficient (Wildman–Crippen LogP) is 4.13. The Hall–Kier alpha value is -1.29. The monoisotopic (exact) mass is 351 g/mol. The molecule has 2 N–H and O–H groups in total. The second kappa shape index (κ2) is 5.48. The molecule has 21 heavy (non-hydrogen) atoms. The van der Waals surface area contributed by atoms with Crippen LogP contribution in [0.5, 0.6) is 0 Å². The number of carbonyl (C=O) groups excluding carboxylic acids is 1. The first-order chi connectivity index (χ1) is 9.72. The van der Waals surface area contributed by atoms with Crippen molar-refractivity contribution in [2.75, 3.05) is 0 Å². The minimum Gasteiger partial charge on any atom is -0.509 e. The van der Waals surface area contributed by atoms with Crippen molar-refractivity contribution in [1.29, 1.82) is 0 Å². The molecule has 1 atom stereocenters. The minimum absolute atomic E-state index is 0.105. The van der Waals surface area contributed by atoms with E-state index >= 15 is 0 Å². The van der Waals surface area contributed by atoms with Gasteiger partial charge >= 0.3 is 0 Å². The summed E-state index contributed by atoms with van der Waals surface area (Å²) in [5, 5.41) is 13.6. The molecule has 0 bridgehead atoms. The van der Waals surface area contributed by atoms with Gasteiger partial charge in [-0.05, 0) is 43.4 Å². The van der Waals surface area contributed by atoms with Gasteiger partial charge in [0.25, 0.3) is 5.91 Å². The van der Waals surface area contributed by atoms with E-state index in [-0.39, 0.29) is 17.6 Å². The van der Waals surface area contributed by atoms with Crippen molar-refractivity contribution in [2.24, 2.45) is 5.92 Å². The smallest absolute Gasteiger partial charge is 0.256 e. The van der Waals surface area contributed by atoms with Crippen molar-refractivity contribution in [1.82, 2.24) is 5.32 Å². The van der Waals surface area contributed by atoms with Crippen LogP contribution in [0.3, 0.4) is 0 Å². The maximum absolute atomic E-state index is 12.5. The predicted molar refractivity (Wildman–Crippen MR) is 89.2 cm³/mol. The summed E-state index contributed by atoms with van der Waals surface area (Å²) in [5.41, 5.74) is 2.69. The lowest BCUT2D eigenvalue weighted by molar-refractivity contribution is -0.116. The van der Waals surface area contributed by atoms with Gasteiger partial charge in [-0.25, -0.2) is 0 Å². The number of amides is 1. The number of carbonyl (C=O) groups is 1. The second-order valence-electron chi connectivity index (χ2n) is 6.17. The lowest BCUT2D eigenvalue weighted by atomic mass is 9.86. The van der Waals surface area contributed by atoms with Crippen molar-refractivity contribution in [3.8, 4) is 0 Å². The average molecular weight is 352 g/mol. The van der Waals surface area contributed by atoms with E-state index in [1.54, 1.807) is 0 Å². The van der Waals surface area contributed by atoms with Gasteiger partial charge in [0.05, 0.1) is 11.1 Å². The zero-order chi connectivity index (χ0) is 15.9. The number of rotatable bonds is 3. The number of halogens is 1. The number of benzene rings is 1. The molecule has 4 heteroatoms. The molecule has 1 aromatic rings. The highest BCUT2D eigenvalue weighted by Gasteiger charge is 2.45. The summed E-state index contributed by atoms with van der Waals surface area (Å²) in [6.45, 7) is 9.92. The molecule has 1 amide bonds. The zero-order valence-corrected chi connectivity index (χ0v) is 14.8. The van der Waals surface area contributed by atoms with Gasteiger partial charge in [0, 0.05) is 10.0 Å². The summed E-state index contributed by atoms with van der Waals surface area (Å²) in [5.74, 6) is 0.0398. The molecule has 0 spiro atoms. The standard InChI is InChI=1S/C17H22BrNO2/c1-6-11-7-10(4)8-12(18)13(11)14-15(20)17(5,9(2)3)19-16(14)21/h7-9,20H,6H2,1-5H3,(H,19,21). The lowest BCUT2D eigenvalue weighted by Gasteiger charge is -2.29. The van der Waals surface area contributed by atoms with Crippen molar-refractivity contribution in [2.45, 2.75) is 46.6 Å². The Morgan fingerprint density at radius 3 is 2.48 bits per heavy atom. The van der Waals surface area contributed by atoms with Gasteiger partial charge in [-0.2, -0.15) is 0 Å². The molecule has 1 aromatic carbocycles. The topological polar surface area (TPSA) is 49.3 Å². The van der Waals surface area contributed by atoms with Crippen LogP contribution in [-0.2, 0) is 11.2 Å². The molecule has 1 unspecified atom stereocenters. The van der Waals surface area contributed by atoms with Gasteiger partial charge in [0.1, 0.15) is 5.76 Å². The van der Waals surface area contributed by atoms with Crippen molar-refractivity contribution in [3.05, 3.63) is 39.1 Å². The van der Waals surface area contributed by atoms with Crippen LogP contribution in [0.15, 0.2) is 22.4 Å². The summed E-state index contributed by atoms with van der Waals surface area (Å²) in [6, 6.07) is 4.05. The van der Waals surface area contributed by atoms with Crippen LogP contribution < -0.4 is 5.32 Å². The molecule has 1 aliphatic heterocycles. The van der Waals surface area contributed by atoms with Crippen LogP contribution >= 0.6 is 15.9 Å². The maximum Gasteiger partial charge on any atom is 0.256 e. The van der Waals surface area contributed by atoms with E-state index in [0.29, 0.717) is 5.57 Å². The minimum atomic E-state index is -0.707. The SMILES string of the molecule is CCc1cc(C)cc(Br)c1C1=C(O)C(C)(C(C)C)NC1=O. The first-order valence-electron chi connectivity index (χ1n) is 7.28. The summed E-state index contributed by atoms with van der Waals surface area (Å²) in [7, 11) is 0. The fourth-order valence-electron chi connectivity index (χ4n) is 2.75. The number of aliphatic hydroxyl groups is 1. The lowest BCUT2D eigenvalue weighted by Crippen LogP contribution is -2.46. The summed E-state index contributed by atoms with van der Waals surface area (Å²) in [4.78, 5) is 12.5. The molecular formula is C17H22BrNO2. The van der Waals surface area contributed by atoms with Gasteiger partial charge in [0.15, 0.2) is 0 Å². The van der Waals surface area contributed by atoms with Crippen LogP contribution in [0.25, 0.3) is 5.57 Å². The summed E-state index contributed by atoms with van der Waals surface area (Å²) in [6.07, 6.45) is 0.804. The Balaban J connectivity index is 2.72. The Morgan fingerprint density at radius 1 is 1.38 bits per heavy atom. The highest BCUT2D eigenvalue weighted by atomic mass is 79.9. The van der Waals surface area contributed by atoms with Crippen LogP contribution in [0.4, 0.5) is 0 Å². The second-order valence-corrected chi connectivity index (χ2v) is 7.02. The van der Waals surface area contributed by atoms with Crippen LogP contribution in [0.1, 0.15) is 44.4 Å². The van der Waals surface area contributed by atoms with Crippen LogP contribution in [0, 0.1) is 12.8 Å². The van der Waals surface area contributed by atoms with Gasteiger partial charge in [-0.1, -0.05) is 42.8 Å².